The number of amides is 1. The Bertz CT molecular complexity index is 1330. The highest BCUT2D eigenvalue weighted by molar-refractivity contribution is 7.89. The fraction of sp³-hybridized carbons (Fsp3) is 0.414. The van der Waals surface area contributed by atoms with Crippen molar-refractivity contribution >= 4 is 15.9 Å². The van der Waals surface area contributed by atoms with Crippen LogP contribution in [0.15, 0.2) is 77.7 Å². The predicted octanol–water partition coefficient (Wildman–Crippen LogP) is 3.23. The molecule has 0 unspecified atom stereocenters. The molecular formula is C29H40N6O3S. The first-order valence-electron chi connectivity index (χ1n) is 13.3. The van der Waals surface area contributed by atoms with E-state index in [1.807, 2.05) is 0 Å². The molecule has 0 saturated carbocycles. The molecule has 1 amide bonds. The van der Waals surface area contributed by atoms with Crippen LogP contribution in [0.2, 0.25) is 0 Å². The summed E-state index contributed by atoms with van der Waals surface area (Å²) in [5.74, 6) is 6.05. The zero-order valence-electron chi connectivity index (χ0n) is 22.9. The van der Waals surface area contributed by atoms with Gasteiger partial charge in [0.1, 0.15) is 6.04 Å². The van der Waals surface area contributed by atoms with Gasteiger partial charge in [-0.25, -0.2) is 14.3 Å². The van der Waals surface area contributed by atoms with Crippen LogP contribution in [-0.2, 0) is 27.8 Å². The van der Waals surface area contributed by atoms with Crippen LogP contribution >= 0.6 is 0 Å². The second-order valence-corrected chi connectivity index (χ2v) is 13.3. The van der Waals surface area contributed by atoms with Crippen LogP contribution in [0.4, 0.5) is 0 Å². The third kappa shape index (κ3) is 7.00. The number of nitrogens with zero attached hydrogens (tertiary/aromatic N) is 2. The number of rotatable bonds is 9. The molecule has 0 saturated heterocycles. The van der Waals surface area contributed by atoms with E-state index in [0.717, 1.165) is 36.7 Å². The summed E-state index contributed by atoms with van der Waals surface area (Å²) in [4.78, 5) is 12.8. The Morgan fingerprint density at radius 1 is 1.21 bits per heavy atom. The van der Waals surface area contributed by atoms with Crippen molar-refractivity contribution in [3.05, 3.63) is 89.5 Å². The van der Waals surface area contributed by atoms with E-state index >= 15 is 0 Å². The van der Waals surface area contributed by atoms with Crippen LogP contribution in [0.5, 0.6) is 0 Å². The maximum Gasteiger partial charge on any atom is 0.264 e. The molecule has 2 aliphatic rings. The van der Waals surface area contributed by atoms with E-state index in [0.29, 0.717) is 5.70 Å². The van der Waals surface area contributed by atoms with Crippen LogP contribution in [0.25, 0.3) is 0 Å². The van der Waals surface area contributed by atoms with E-state index in [4.69, 9.17) is 11.6 Å². The van der Waals surface area contributed by atoms with E-state index in [1.165, 1.54) is 41.2 Å². The average Bonchev–Trinajstić information content (AvgIpc) is 2.89. The second-order valence-electron chi connectivity index (χ2n) is 11.4. The molecule has 1 aliphatic carbocycles. The van der Waals surface area contributed by atoms with Crippen molar-refractivity contribution in [2.24, 2.45) is 17.0 Å². The molecule has 0 fully saturated rings. The molecule has 10 heteroatoms. The minimum absolute atomic E-state index is 0.00605. The molecular weight excluding hydrogens is 512 g/mol. The highest BCUT2D eigenvalue weighted by Crippen LogP contribution is 2.34. The number of sulfonamides is 1. The molecule has 1 heterocycles. The first kappa shape index (κ1) is 28.7. The van der Waals surface area contributed by atoms with Crippen molar-refractivity contribution in [2.75, 3.05) is 6.54 Å². The van der Waals surface area contributed by atoms with Gasteiger partial charge in [-0.3, -0.25) is 9.10 Å². The van der Waals surface area contributed by atoms with Gasteiger partial charge in [-0.15, -0.1) is 0 Å². The zero-order chi connectivity index (χ0) is 28.2. The predicted molar refractivity (Wildman–Crippen MR) is 153 cm³/mol. The Balaban J connectivity index is 1.48. The van der Waals surface area contributed by atoms with Gasteiger partial charge in [-0.1, -0.05) is 57.2 Å². The number of carbonyl (C=O) groups is 1. The lowest BCUT2D eigenvalue weighted by atomic mass is 9.86. The number of aryl methyl sites for hydroxylation is 1. The summed E-state index contributed by atoms with van der Waals surface area (Å²) < 4.78 is 27.6. The maximum atomic E-state index is 13.3. The second kappa shape index (κ2) is 11.8. The third-order valence-electron chi connectivity index (χ3n) is 6.95. The normalized spacial score (nSPS) is 19.9. The first-order valence-corrected chi connectivity index (χ1v) is 14.8. The van der Waals surface area contributed by atoms with Crippen molar-refractivity contribution in [2.45, 2.75) is 70.0 Å². The highest BCUT2D eigenvalue weighted by Gasteiger charge is 2.36. The Kier molecular flexibility index (Phi) is 8.68. The number of hydrogen-bond donors (Lipinski definition) is 4. The molecule has 1 aliphatic heterocycles. The average molecular weight is 553 g/mol. The van der Waals surface area contributed by atoms with Gasteiger partial charge >= 0.3 is 0 Å². The van der Waals surface area contributed by atoms with Gasteiger partial charge in [0, 0.05) is 43.8 Å². The van der Waals surface area contributed by atoms with Crippen LogP contribution < -0.4 is 22.2 Å². The lowest BCUT2D eigenvalue weighted by Gasteiger charge is -2.34. The molecule has 4 rings (SSSR count). The lowest BCUT2D eigenvalue weighted by molar-refractivity contribution is -0.124. The van der Waals surface area contributed by atoms with E-state index < -0.39 is 22.0 Å². The molecule has 2 aromatic rings. The number of nitrogens with one attached hydrogen (secondary N) is 2. The summed E-state index contributed by atoms with van der Waals surface area (Å²) in [6.07, 6.45) is 7.15. The molecule has 0 bridgehead atoms. The quantitative estimate of drug-likeness (QED) is 0.277. The third-order valence-corrected chi connectivity index (χ3v) is 8.75. The monoisotopic (exact) mass is 552 g/mol. The number of hydrazine groups is 1. The summed E-state index contributed by atoms with van der Waals surface area (Å²) in [6.45, 7) is 8.39. The van der Waals surface area contributed by atoms with Crippen molar-refractivity contribution < 1.29 is 13.2 Å². The van der Waals surface area contributed by atoms with Crippen molar-refractivity contribution in [1.29, 1.82) is 0 Å². The first-order chi connectivity index (χ1) is 18.5. The molecule has 2 aromatic carbocycles. The molecule has 0 aromatic heterocycles. The minimum atomic E-state index is -3.94. The van der Waals surface area contributed by atoms with Gasteiger partial charge in [-0.2, -0.15) is 0 Å². The van der Waals surface area contributed by atoms with E-state index in [1.54, 1.807) is 29.4 Å². The van der Waals surface area contributed by atoms with Crippen molar-refractivity contribution in [1.82, 2.24) is 19.9 Å². The van der Waals surface area contributed by atoms with Gasteiger partial charge in [0.15, 0.2) is 0 Å². The Labute approximate surface area is 231 Å². The molecule has 6 N–H and O–H groups in total. The molecule has 0 spiro atoms. The molecule has 0 radical (unpaired) electrons. The Hall–Kier alpha value is -3.34. The number of benzene rings is 2. The van der Waals surface area contributed by atoms with Gasteiger partial charge in [0.2, 0.25) is 5.91 Å². The highest BCUT2D eigenvalue weighted by atomic mass is 32.2. The fourth-order valence-electron chi connectivity index (χ4n) is 5.05. The van der Waals surface area contributed by atoms with Gasteiger partial charge < -0.3 is 21.4 Å². The molecule has 39 heavy (non-hydrogen) atoms. The van der Waals surface area contributed by atoms with Crippen LogP contribution in [0.3, 0.4) is 0 Å². The summed E-state index contributed by atoms with van der Waals surface area (Å²) >= 11 is 0. The number of fused-ring (bicyclic) bond motifs is 1. The van der Waals surface area contributed by atoms with Gasteiger partial charge in [0.25, 0.3) is 10.0 Å². The minimum Gasteiger partial charge on any atom is -0.401 e. The van der Waals surface area contributed by atoms with Crippen LogP contribution in [0.1, 0.15) is 62.8 Å². The summed E-state index contributed by atoms with van der Waals surface area (Å²) in [5, 5.41) is 7.71. The van der Waals surface area contributed by atoms with Crippen molar-refractivity contribution in [3.63, 3.8) is 0 Å². The lowest BCUT2D eigenvalue weighted by Crippen LogP contribution is -2.49. The Morgan fingerprint density at radius 2 is 1.95 bits per heavy atom. The Morgan fingerprint density at radius 3 is 2.67 bits per heavy atom. The maximum absolute atomic E-state index is 13.3. The van der Waals surface area contributed by atoms with Crippen LogP contribution in [0, 0.1) is 5.41 Å². The van der Waals surface area contributed by atoms with Gasteiger partial charge in [0.05, 0.1) is 10.9 Å². The zero-order valence-corrected chi connectivity index (χ0v) is 23.7. The van der Waals surface area contributed by atoms with Crippen molar-refractivity contribution in [3.8, 4) is 0 Å². The van der Waals surface area contributed by atoms with E-state index in [9.17, 15) is 13.2 Å². The number of carbonyl (C=O) groups excluding carboxylic acids is 1. The smallest absolute Gasteiger partial charge is 0.264 e. The van der Waals surface area contributed by atoms with E-state index in [2.05, 4.69) is 49.6 Å². The fourth-order valence-corrected chi connectivity index (χ4v) is 6.52. The molecule has 210 valence electrons. The number of nitrogens with two attached hydrogens (primary N) is 2. The molecule has 9 nitrogen and oxygen atoms in total. The summed E-state index contributed by atoms with van der Waals surface area (Å²) in [5.41, 5.74) is 10.6. The largest absolute Gasteiger partial charge is 0.401 e. The standard InChI is InChI=1S/C29H40N6O3S/c1-29(2,3)20-32-18-21-12-13-25-22(16-21)8-7-11-26(25)34(31)19-23(30)17-27-28(36)33-14-15-35(27)39(37,38)24-9-5-4-6-10-24/h4-6,9-10,12-16,19,26-27,32H,7-8,11,17-18,20,30-31H2,1-3H3,(H,33,36)/b23-19-/t26-,27+/m0/s1. The topological polar surface area (TPSA) is 134 Å². The summed E-state index contributed by atoms with van der Waals surface area (Å²) in [6, 6.07) is 13.5. The SMILES string of the molecule is CC(C)(C)CNCc1ccc2c(c1)CCC[C@@H]2N(N)/C=C(\N)C[C@@H]1C(=O)NC=CN1S(=O)(=O)c1ccccc1. The van der Waals surface area contributed by atoms with Crippen LogP contribution in [-0.4, -0.2) is 36.2 Å². The summed E-state index contributed by atoms with van der Waals surface area (Å²) in [7, 11) is -3.94. The van der Waals surface area contributed by atoms with Gasteiger partial charge in [-0.05, 0) is 53.5 Å². The van der Waals surface area contributed by atoms with E-state index in [-0.39, 0.29) is 22.8 Å². The molecule has 2 atom stereocenters. The number of hydrogen-bond acceptors (Lipinski definition) is 7.